The largest absolute Gasteiger partial charge is 0.497 e. The fourth-order valence-corrected chi connectivity index (χ4v) is 3.64. The first-order chi connectivity index (χ1) is 12.1. The monoisotopic (exact) mass is 344 g/mol. The average molecular weight is 344 g/mol. The molecule has 1 fully saturated rings. The van der Waals surface area contributed by atoms with Gasteiger partial charge in [-0.05, 0) is 70.3 Å². The molecule has 0 radical (unpaired) electrons. The van der Waals surface area contributed by atoms with E-state index in [2.05, 4.69) is 10.6 Å². The van der Waals surface area contributed by atoms with Crippen molar-refractivity contribution in [3.8, 4) is 5.75 Å². The van der Waals surface area contributed by atoms with Crippen molar-refractivity contribution in [2.75, 3.05) is 20.2 Å². The normalized spacial score (nSPS) is 16.8. The first-order valence-corrected chi connectivity index (χ1v) is 9.15. The van der Waals surface area contributed by atoms with Gasteiger partial charge in [-0.1, -0.05) is 0 Å². The molecule has 1 unspecified atom stereocenters. The second-order valence-corrected chi connectivity index (χ2v) is 6.97. The summed E-state index contributed by atoms with van der Waals surface area (Å²) in [4.78, 5) is 12.3. The van der Waals surface area contributed by atoms with Gasteiger partial charge in [0.1, 0.15) is 17.1 Å². The summed E-state index contributed by atoms with van der Waals surface area (Å²) in [7, 11) is 1.66. The summed E-state index contributed by atoms with van der Waals surface area (Å²) in [6, 6.07) is 5.63. The Kier molecular flexibility index (Phi) is 5.63. The van der Waals surface area contributed by atoms with Crippen molar-refractivity contribution in [3.63, 3.8) is 0 Å². The molecular weight excluding hydrogens is 316 g/mol. The first kappa shape index (κ1) is 17.8. The van der Waals surface area contributed by atoms with Gasteiger partial charge in [0.05, 0.1) is 13.2 Å². The Morgan fingerprint density at radius 3 is 2.88 bits per heavy atom. The third kappa shape index (κ3) is 4.15. The van der Waals surface area contributed by atoms with Gasteiger partial charge in [0.2, 0.25) is 5.91 Å². The number of fused-ring (bicyclic) bond motifs is 1. The Balaban J connectivity index is 1.62. The molecule has 1 aliphatic heterocycles. The zero-order chi connectivity index (χ0) is 17.8. The van der Waals surface area contributed by atoms with E-state index in [9.17, 15) is 4.79 Å². The van der Waals surface area contributed by atoms with Gasteiger partial charge in [0.15, 0.2) is 0 Å². The maximum atomic E-state index is 12.3. The zero-order valence-electron chi connectivity index (χ0n) is 15.4. The molecule has 2 heterocycles. The molecule has 0 spiro atoms. The lowest BCUT2D eigenvalue weighted by Gasteiger charge is -2.22. The highest BCUT2D eigenvalue weighted by Crippen LogP contribution is 2.32. The Bertz CT molecular complexity index is 732. The first-order valence-electron chi connectivity index (χ1n) is 9.15. The SMILES string of the molecule is COc1ccc2oc(C(C)NC(=O)CCC3CCNCC3)c(C)c2c1. The fraction of sp³-hybridized carbons (Fsp3) is 0.550. The Morgan fingerprint density at radius 2 is 2.16 bits per heavy atom. The molecule has 1 aliphatic rings. The lowest BCUT2D eigenvalue weighted by atomic mass is 9.93. The predicted molar refractivity (Wildman–Crippen MR) is 98.9 cm³/mol. The maximum absolute atomic E-state index is 12.3. The number of nitrogens with one attached hydrogen (secondary N) is 2. The topological polar surface area (TPSA) is 63.5 Å². The van der Waals surface area contributed by atoms with Crippen LogP contribution in [0.1, 0.15) is 50.0 Å². The molecule has 1 aromatic heterocycles. The van der Waals surface area contributed by atoms with Gasteiger partial charge in [0, 0.05) is 17.4 Å². The third-order valence-corrected chi connectivity index (χ3v) is 5.19. The van der Waals surface area contributed by atoms with Crippen LogP contribution >= 0.6 is 0 Å². The van der Waals surface area contributed by atoms with Gasteiger partial charge in [-0.3, -0.25) is 4.79 Å². The molecule has 1 saturated heterocycles. The Hall–Kier alpha value is -2.01. The molecule has 1 amide bonds. The number of furan rings is 1. The molecule has 25 heavy (non-hydrogen) atoms. The molecule has 5 nitrogen and oxygen atoms in total. The Morgan fingerprint density at radius 1 is 1.40 bits per heavy atom. The lowest BCUT2D eigenvalue weighted by Crippen LogP contribution is -2.30. The van der Waals surface area contributed by atoms with Crippen LogP contribution in [0.2, 0.25) is 0 Å². The molecule has 1 atom stereocenters. The van der Waals surface area contributed by atoms with Crippen molar-refractivity contribution in [2.24, 2.45) is 5.92 Å². The van der Waals surface area contributed by atoms with E-state index in [4.69, 9.17) is 9.15 Å². The summed E-state index contributed by atoms with van der Waals surface area (Å²) < 4.78 is 11.3. The smallest absolute Gasteiger partial charge is 0.220 e. The van der Waals surface area contributed by atoms with Crippen LogP contribution in [-0.4, -0.2) is 26.1 Å². The van der Waals surface area contributed by atoms with Gasteiger partial charge in [-0.2, -0.15) is 0 Å². The second kappa shape index (κ2) is 7.91. The van der Waals surface area contributed by atoms with E-state index < -0.39 is 0 Å². The average Bonchev–Trinajstić information content (AvgIpc) is 2.97. The van der Waals surface area contributed by atoms with Crippen LogP contribution in [-0.2, 0) is 4.79 Å². The number of aryl methyl sites for hydroxylation is 1. The van der Waals surface area contributed by atoms with Gasteiger partial charge in [0.25, 0.3) is 0 Å². The third-order valence-electron chi connectivity index (χ3n) is 5.19. The van der Waals surface area contributed by atoms with Gasteiger partial charge < -0.3 is 19.8 Å². The van der Waals surface area contributed by atoms with Crippen molar-refractivity contribution >= 4 is 16.9 Å². The number of piperidine rings is 1. The number of amides is 1. The summed E-state index contributed by atoms with van der Waals surface area (Å²) in [6.07, 6.45) is 3.90. The van der Waals surface area contributed by atoms with Crippen LogP contribution in [0, 0.1) is 12.8 Å². The lowest BCUT2D eigenvalue weighted by molar-refractivity contribution is -0.122. The summed E-state index contributed by atoms with van der Waals surface area (Å²) in [5.74, 6) is 2.39. The van der Waals surface area contributed by atoms with E-state index in [1.54, 1.807) is 7.11 Å². The molecule has 0 bridgehead atoms. The standard InChI is InChI=1S/C20H28N2O3/c1-13-17-12-16(24-3)5-6-18(17)25-20(13)14(2)22-19(23)7-4-15-8-10-21-11-9-15/h5-6,12,14-15,21H,4,7-11H2,1-3H3,(H,22,23). The highest BCUT2D eigenvalue weighted by molar-refractivity contribution is 5.84. The van der Waals surface area contributed by atoms with E-state index in [0.717, 1.165) is 47.6 Å². The van der Waals surface area contributed by atoms with Crippen molar-refractivity contribution in [2.45, 2.75) is 45.6 Å². The molecular formula is C20H28N2O3. The van der Waals surface area contributed by atoms with Crippen LogP contribution in [0.5, 0.6) is 5.75 Å². The number of methoxy groups -OCH3 is 1. The van der Waals surface area contributed by atoms with E-state index in [1.165, 1.54) is 12.8 Å². The molecule has 5 heteroatoms. The molecule has 3 rings (SSSR count). The van der Waals surface area contributed by atoms with E-state index in [1.807, 2.05) is 32.0 Å². The molecule has 136 valence electrons. The predicted octanol–water partition coefficient (Wildman–Crippen LogP) is 3.71. The summed E-state index contributed by atoms with van der Waals surface area (Å²) >= 11 is 0. The number of ether oxygens (including phenoxy) is 1. The molecule has 0 saturated carbocycles. The highest BCUT2D eigenvalue weighted by atomic mass is 16.5. The summed E-state index contributed by atoms with van der Waals surface area (Å²) in [5.41, 5.74) is 1.88. The number of benzene rings is 1. The van der Waals surface area contributed by atoms with Crippen LogP contribution < -0.4 is 15.4 Å². The molecule has 2 N–H and O–H groups in total. The van der Waals surface area contributed by atoms with Crippen molar-refractivity contribution in [1.82, 2.24) is 10.6 Å². The molecule has 0 aliphatic carbocycles. The zero-order valence-corrected chi connectivity index (χ0v) is 15.4. The summed E-state index contributed by atoms with van der Waals surface area (Å²) in [5, 5.41) is 7.48. The maximum Gasteiger partial charge on any atom is 0.220 e. The number of rotatable bonds is 6. The van der Waals surface area contributed by atoms with Gasteiger partial charge in [-0.25, -0.2) is 0 Å². The van der Waals surface area contributed by atoms with Gasteiger partial charge in [-0.15, -0.1) is 0 Å². The highest BCUT2D eigenvalue weighted by Gasteiger charge is 2.20. The van der Waals surface area contributed by atoms with E-state index in [-0.39, 0.29) is 11.9 Å². The van der Waals surface area contributed by atoms with E-state index in [0.29, 0.717) is 12.3 Å². The Labute approximate surface area is 149 Å². The van der Waals surface area contributed by atoms with Crippen molar-refractivity contribution in [3.05, 3.63) is 29.5 Å². The fourth-order valence-electron chi connectivity index (χ4n) is 3.64. The number of carbonyl (C=O) groups excluding carboxylic acids is 1. The van der Waals surface area contributed by atoms with Crippen molar-refractivity contribution < 1.29 is 13.9 Å². The number of hydrogen-bond donors (Lipinski definition) is 2. The van der Waals surface area contributed by atoms with Crippen LogP contribution in [0.3, 0.4) is 0 Å². The summed E-state index contributed by atoms with van der Waals surface area (Å²) in [6.45, 7) is 6.15. The van der Waals surface area contributed by atoms with Gasteiger partial charge >= 0.3 is 0 Å². The minimum atomic E-state index is -0.140. The number of hydrogen-bond acceptors (Lipinski definition) is 4. The second-order valence-electron chi connectivity index (χ2n) is 6.97. The number of carbonyl (C=O) groups is 1. The molecule has 2 aromatic rings. The van der Waals surface area contributed by atoms with Crippen LogP contribution in [0.4, 0.5) is 0 Å². The van der Waals surface area contributed by atoms with Crippen LogP contribution in [0.15, 0.2) is 22.6 Å². The van der Waals surface area contributed by atoms with Crippen molar-refractivity contribution in [1.29, 1.82) is 0 Å². The minimum absolute atomic E-state index is 0.100. The molecule has 1 aromatic carbocycles. The minimum Gasteiger partial charge on any atom is -0.497 e. The quantitative estimate of drug-likeness (QED) is 0.838. The van der Waals surface area contributed by atoms with Crippen LogP contribution in [0.25, 0.3) is 11.0 Å². The van der Waals surface area contributed by atoms with E-state index >= 15 is 0 Å².